The second-order valence-corrected chi connectivity index (χ2v) is 7.96. The molecule has 6 nitrogen and oxygen atoms in total. The van der Waals surface area contributed by atoms with Crippen molar-refractivity contribution in [3.05, 3.63) is 41.6 Å². The summed E-state index contributed by atoms with van der Waals surface area (Å²) in [7, 11) is -2.26. The maximum absolute atomic E-state index is 13.1. The first-order valence-corrected chi connectivity index (χ1v) is 9.17. The summed E-state index contributed by atoms with van der Waals surface area (Å²) in [6, 6.07) is 8.42. The number of rotatable bonds is 6. The highest BCUT2D eigenvalue weighted by Gasteiger charge is 2.28. The molecular formula is C17H23N3O3S. The maximum Gasteiger partial charge on any atom is 0.266 e. The van der Waals surface area contributed by atoms with Crippen LogP contribution in [0.1, 0.15) is 25.1 Å². The first kappa shape index (κ1) is 18.2. The summed E-state index contributed by atoms with van der Waals surface area (Å²) >= 11 is 0. The van der Waals surface area contributed by atoms with Crippen molar-refractivity contribution in [3.63, 3.8) is 0 Å². The summed E-state index contributed by atoms with van der Waals surface area (Å²) < 4.78 is 32.6. The Morgan fingerprint density at radius 1 is 1.12 bits per heavy atom. The van der Waals surface area contributed by atoms with Gasteiger partial charge >= 0.3 is 0 Å². The van der Waals surface area contributed by atoms with Gasteiger partial charge in [0.2, 0.25) is 11.8 Å². The molecule has 0 fully saturated rings. The third-order valence-corrected chi connectivity index (χ3v) is 5.15. The Bertz CT molecular complexity index is 802. The van der Waals surface area contributed by atoms with Gasteiger partial charge in [0, 0.05) is 18.3 Å². The molecule has 1 aromatic carbocycles. The molecule has 0 spiro atoms. The van der Waals surface area contributed by atoms with Gasteiger partial charge in [-0.3, -0.25) is 0 Å². The fourth-order valence-corrected chi connectivity index (χ4v) is 3.72. The zero-order chi connectivity index (χ0) is 17.9. The molecule has 0 radical (unpaired) electrons. The van der Waals surface area contributed by atoms with Crippen LogP contribution in [-0.2, 0) is 10.0 Å². The lowest BCUT2D eigenvalue weighted by atomic mass is 10.2. The monoisotopic (exact) mass is 349 g/mol. The number of aromatic nitrogens is 2. The van der Waals surface area contributed by atoms with Crippen molar-refractivity contribution in [2.75, 3.05) is 18.0 Å². The smallest absolute Gasteiger partial charge is 0.266 e. The molecule has 0 saturated heterocycles. The van der Waals surface area contributed by atoms with E-state index in [1.165, 1.54) is 11.4 Å². The van der Waals surface area contributed by atoms with E-state index in [2.05, 4.69) is 9.97 Å². The van der Waals surface area contributed by atoms with E-state index in [-0.39, 0.29) is 23.3 Å². The molecule has 130 valence electrons. The number of hydrogen-bond donors (Lipinski definition) is 0. The summed E-state index contributed by atoms with van der Waals surface area (Å²) in [5.41, 5.74) is 1.64. The lowest BCUT2D eigenvalue weighted by Gasteiger charge is -2.24. The molecule has 2 aromatic rings. The van der Waals surface area contributed by atoms with E-state index < -0.39 is 10.0 Å². The standard InChI is InChI=1S/C17H23N3O3S/c1-12(2)11-20(17-18-14(4)10-16(19-17)23-5)24(21,22)15-8-6-13(3)7-9-15/h6-10,12H,11H2,1-5H3. The molecule has 2 rings (SSSR count). The second-order valence-electron chi connectivity index (χ2n) is 6.09. The third-order valence-electron chi connectivity index (χ3n) is 3.39. The number of ether oxygens (including phenoxy) is 1. The minimum Gasteiger partial charge on any atom is -0.481 e. The predicted molar refractivity (Wildman–Crippen MR) is 93.9 cm³/mol. The Kier molecular flexibility index (Phi) is 5.43. The van der Waals surface area contributed by atoms with Crippen molar-refractivity contribution in [2.45, 2.75) is 32.6 Å². The number of sulfonamides is 1. The summed E-state index contributed by atoms with van der Waals surface area (Å²) in [5, 5.41) is 0. The Labute approximate surface area is 143 Å². The fourth-order valence-electron chi connectivity index (χ4n) is 2.20. The molecule has 0 saturated carbocycles. The largest absolute Gasteiger partial charge is 0.481 e. The number of nitrogens with zero attached hydrogens (tertiary/aromatic N) is 3. The molecule has 0 N–H and O–H groups in total. The van der Waals surface area contributed by atoms with Gasteiger partial charge in [-0.05, 0) is 31.9 Å². The van der Waals surface area contributed by atoms with E-state index in [9.17, 15) is 8.42 Å². The van der Waals surface area contributed by atoms with E-state index in [0.29, 0.717) is 11.6 Å². The van der Waals surface area contributed by atoms with Crippen LogP contribution < -0.4 is 9.04 Å². The van der Waals surface area contributed by atoms with Crippen LogP contribution in [-0.4, -0.2) is 32.0 Å². The van der Waals surface area contributed by atoms with Crippen molar-refractivity contribution >= 4 is 16.0 Å². The molecule has 0 unspecified atom stereocenters. The molecule has 1 aromatic heterocycles. The van der Waals surface area contributed by atoms with Crippen LogP contribution in [0.2, 0.25) is 0 Å². The van der Waals surface area contributed by atoms with Gasteiger partial charge < -0.3 is 4.74 Å². The van der Waals surface area contributed by atoms with Crippen molar-refractivity contribution in [2.24, 2.45) is 5.92 Å². The highest BCUT2D eigenvalue weighted by molar-refractivity contribution is 7.92. The molecule has 0 aliphatic rings. The van der Waals surface area contributed by atoms with Crippen LogP contribution in [0, 0.1) is 19.8 Å². The van der Waals surface area contributed by atoms with Gasteiger partial charge in [0.1, 0.15) is 0 Å². The molecule has 0 aliphatic carbocycles. The van der Waals surface area contributed by atoms with Gasteiger partial charge in [0.25, 0.3) is 10.0 Å². The van der Waals surface area contributed by atoms with Gasteiger partial charge in [0.05, 0.1) is 12.0 Å². The van der Waals surface area contributed by atoms with Crippen LogP contribution >= 0.6 is 0 Å². The average Bonchev–Trinajstić information content (AvgIpc) is 2.52. The number of anilines is 1. The minimum absolute atomic E-state index is 0.111. The molecule has 0 atom stereocenters. The zero-order valence-electron chi connectivity index (χ0n) is 14.6. The fraction of sp³-hybridized carbons (Fsp3) is 0.412. The van der Waals surface area contributed by atoms with Crippen LogP contribution in [0.5, 0.6) is 5.88 Å². The van der Waals surface area contributed by atoms with Gasteiger partial charge in [-0.2, -0.15) is 4.98 Å². The van der Waals surface area contributed by atoms with Gasteiger partial charge in [-0.15, -0.1) is 0 Å². The lowest BCUT2D eigenvalue weighted by Crippen LogP contribution is -2.35. The van der Waals surface area contributed by atoms with E-state index in [1.54, 1.807) is 37.3 Å². The minimum atomic E-state index is -3.75. The summed E-state index contributed by atoms with van der Waals surface area (Å²) in [6.45, 7) is 7.87. The quantitative estimate of drug-likeness (QED) is 0.802. The lowest BCUT2D eigenvalue weighted by molar-refractivity contribution is 0.396. The Hall–Kier alpha value is -2.15. The van der Waals surface area contributed by atoms with Crippen molar-refractivity contribution in [1.29, 1.82) is 0 Å². The Morgan fingerprint density at radius 2 is 1.75 bits per heavy atom. The van der Waals surface area contributed by atoms with Crippen LogP contribution in [0.3, 0.4) is 0 Å². The van der Waals surface area contributed by atoms with E-state index in [1.807, 2.05) is 20.8 Å². The third kappa shape index (κ3) is 4.03. The van der Waals surface area contributed by atoms with E-state index in [4.69, 9.17) is 4.74 Å². The number of hydrogen-bond acceptors (Lipinski definition) is 5. The first-order chi connectivity index (χ1) is 11.2. The van der Waals surface area contributed by atoms with Crippen molar-refractivity contribution in [3.8, 4) is 5.88 Å². The molecule has 24 heavy (non-hydrogen) atoms. The number of methoxy groups -OCH3 is 1. The van der Waals surface area contributed by atoms with Crippen LogP contribution in [0.15, 0.2) is 35.2 Å². The zero-order valence-corrected chi connectivity index (χ0v) is 15.5. The predicted octanol–water partition coefficient (Wildman–Crippen LogP) is 2.95. The second kappa shape index (κ2) is 7.17. The summed E-state index contributed by atoms with van der Waals surface area (Å²) in [4.78, 5) is 8.75. The summed E-state index contributed by atoms with van der Waals surface area (Å²) in [6.07, 6.45) is 0. The Morgan fingerprint density at radius 3 is 2.29 bits per heavy atom. The molecule has 0 amide bonds. The normalized spacial score (nSPS) is 11.6. The average molecular weight is 349 g/mol. The van der Waals surface area contributed by atoms with E-state index in [0.717, 1.165) is 5.56 Å². The van der Waals surface area contributed by atoms with Crippen LogP contribution in [0.25, 0.3) is 0 Å². The van der Waals surface area contributed by atoms with E-state index >= 15 is 0 Å². The molecular weight excluding hydrogens is 326 g/mol. The first-order valence-electron chi connectivity index (χ1n) is 7.73. The Balaban J connectivity index is 2.56. The molecule has 7 heteroatoms. The summed E-state index contributed by atoms with van der Waals surface area (Å²) in [5.74, 6) is 0.576. The molecule has 0 bridgehead atoms. The maximum atomic E-state index is 13.1. The van der Waals surface area contributed by atoms with Crippen molar-refractivity contribution < 1.29 is 13.2 Å². The SMILES string of the molecule is COc1cc(C)nc(N(CC(C)C)S(=O)(=O)c2ccc(C)cc2)n1. The highest BCUT2D eigenvalue weighted by Crippen LogP contribution is 2.24. The molecule has 0 aliphatic heterocycles. The highest BCUT2D eigenvalue weighted by atomic mass is 32.2. The number of benzene rings is 1. The van der Waals surface area contributed by atoms with Crippen LogP contribution in [0.4, 0.5) is 5.95 Å². The topological polar surface area (TPSA) is 72.4 Å². The van der Waals surface area contributed by atoms with Gasteiger partial charge in [0.15, 0.2) is 0 Å². The van der Waals surface area contributed by atoms with Gasteiger partial charge in [-0.25, -0.2) is 17.7 Å². The van der Waals surface area contributed by atoms with Crippen molar-refractivity contribution in [1.82, 2.24) is 9.97 Å². The number of aryl methyl sites for hydroxylation is 2. The molecule has 1 heterocycles. The van der Waals surface area contributed by atoms with Gasteiger partial charge in [-0.1, -0.05) is 31.5 Å².